The lowest BCUT2D eigenvalue weighted by Gasteiger charge is -2.14. The third-order valence-corrected chi connectivity index (χ3v) is 2.21. The van der Waals surface area contributed by atoms with Crippen LogP contribution in [0.5, 0.6) is 0 Å². The summed E-state index contributed by atoms with van der Waals surface area (Å²) in [5.74, 6) is 0. The van der Waals surface area contributed by atoms with E-state index in [-0.39, 0.29) is 6.61 Å². The van der Waals surface area contributed by atoms with E-state index in [0.29, 0.717) is 12.7 Å². The van der Waals surface area contributed by atoms with E-state index >= 15 is 0 Å². The quantitative estimate of drug-likeness (QED) is 0.656. The summed E-state index contributed by atoms with van der Waals surface area (Å²) in [5, 5.41) is 8.56. The molecule has 0 aromatic rings. The molecule has 1 N–H and O–H groups in total. The average molecular weight is 173 g/mol. The predicted octanol–water partition coefficient (Wildman–Crippen LogP) is 0.480. The molecule has 0 spiro atoms. The van der Waals surface area contributed by atoms with E-state index < -0.39 is 0 Å². The topological polar surface area (TPSA) is 32.7 Å². The van der Waals surface area contributed by atoms with Gasteiger partial charge in [-0.3, -0.25) is 0 Å². The summed E-state index contributed by atoms with van der Waals surface area (Å²) in [5.41, 5.74) is 0. The molecule has 1 fully saturated rings. The van der Waals surface area contributed by atoms with Gasteiger partial charge in [-0.1, -0.05) is 6.92 Å². The van der Waals surface area contributed by atoms with Crippen LogP contribution in [0.1, 0.15) is 19.8 Å². The largest absolute Gasteiger partial charge is 0.394 e. The first-order valence-electron chi connectivity index (χ1n) is 4.81. The van der Waals surface area contributed by atoms with Crippen LogP contribution in [0.4, 0.5) is 0 Å². The molecule has 3 nitrogen and oxygen atoms in total. The molecule has 0 aromatic heterocycles. The van der Waals surface area contributed by atoms with E-state index in [1.807, 2.05) is 0 Å². The molecule has 1 rings (SSSR count). The second kappa shape index (κ2) is 5.51. The molecule has 1 unspecified atom stereocenters. The predicted molar refractivity (Wildman–Crippen MR) is 48.2 cm³/mol. The molecule has 1 saturated heterocycles. The minimum absolute atomic E-state index is 0.143. The fourth-order valence-electron chi connectivity index (χ4n) is 1.67. The maximum Gasteiger partial charge on any atom is 0.0715 e. The standard InChI is InChI=1S/C9H19NO2/c1-2-4-10-5-3-9(8-10)12-7-6-11/h9,11H,2-8H2,1H3. The molecule has 0 aliphatic carbocycles. The van der Waals surface area contributed by atoms with Crippen molar-refractivity contribution >= 4 is 0 Å². The Hall–Kier alpha value is -0.120. The lowest BCUT2D eigenvalue weighted by atomic mass is 10.3. The summed E-state index contributed by atoms with van der Waals surface area (Å²) in [6, 6.07) is 0. The van der Waals surface area contributed by atoms with Gasteiger partial charge >= 0.3 is 0 Å². The van der Waals surface area contributed by atoms with Gasteiger partial charge in [0, 0.05) is 13.1 Å². The van der Waals surface area contributed by atoms with Gasteiger partial charge in [0.2, 0.25) is 0 Å². The van der Waals surface area contributed by atoms with Gasteiger partial charge in [-0.2, -0.15) is 0 Å². The fourth-order valence-corrected chi connectivity index (χ4v) is 1.67. The summed E-state index contributed by atoms with van der Waals surface area (Å²) in [6.07, 6.45) is 2.70. The Labute approximate surface area is 74.3 Å². The molecule has 1 heterocycles. The van der Waals surface area contributed by atoms with Gasteiger partial charge in [-0.15, -0.1) is 0 Å². The van der Waals surface area contributed by atoms with Crippen LogP contribution in [0.25, 0.3) is 0 Å². The summed E-state index contributed by atoms with van der Waals surface area (Å²) >= 11 is 0. The van der Waals surface area contributed by atoms with E-state index in [4.69, 9.17) is 9.84 Å². The Morgan fingerprint density at radius 2 is 2.42 bits per heavy atom. The summed E-state index contributed by atoms with van der Waals surface area (Å²) < 4.78 is 5.44. The molecule has 3 heteroatoms. The highest BCUT2D eigenvalue weighted by atomic mass is 16.5. The lowest BCUT2D eigenvalue weighted by Crippen LogP contribution is -2.24. The Bertz CT molecular complexity index is 119. The second-order valence-electron chi connectivity index (χ2n) is 3.31. The zero-order valence-electron chi connectivity index (χ0n) is 7.83. The normalized spacial score (nSPS) is 25.0. The van der Waals surface area contributed by atoms with Gasteiger partial charge in [0.15, 0.2) is 0 Å². The number of aliphatic hydroxyl groups is 1. The molecule has 0 radical (unpaired) electrons. The summed E-state index contributed by atoms with van der Waals surface area (Å²) in [7, 11) is 0. The third kappa shape index (κ3) is 3.09. The monoisotopic (exact) mass is 173 g/mol. The molecule has 0 aromatic carbocycles. The van der Waals surface area contributed by atoms with Crippen molar-refractivity contribution in [1.29, 1.82) is 0 Å². The molecule has 72 valence electrons. The molecule has 1 atom stereocenters. The number of aliphatic hydroxyl groups excluding tert-OH is 1. The first-order valence-corrected chi connectivity index (χ1v) is 4.81. The molecule has 12 heavy (non-hydrogen) atoms. The van der Waals surface area contributed by atoms with Gasteiger partial charge in [0.25, 0.3) is 0 Å². The van der Waals surface area contributed by atoms with Crippen LogP contribution in [0.3, 0.4) is 0 Å². The number of nitrogens with zero attached hydrogens (tertiary/aromatic N) is 1. The maximum absolute atomic E-state index is 8.56. The van der Waals surface area contributed by atoms with Gasteiger partial charge < -0.3 is 14.7 Å². The molecule has 0 bridgehead atoms. The first-order chi connectivity index (χ1) is 5.86. The molecular formula is C9H19NO2. The van der Waals surface area contributed by atoms with Crippen molar-refractivity contribution in [2.24, 2.45) is 0 Å². The molecular weight excluding hydrogens is 154 g/mol. The van der Waals surface area contributed by atoms with Crippen molar-refractivity contribution in [3.8, 4) is 0 Å². The number of rotatable bonds is 5. The first kappa shape index (κ1) is 9.96. The molecule has 0 amide bonds. The van der Waals surface area contributed by atoms with E-state index in [9.17, 15) is 0 Å². The zero-order chi connectivity index (χ0) is 8.81. The number of hydrogen-bond acceptors (Lipinski definition) is 3. The van der Waals surface area contributed by atoms with Crippen molar-refractivity contribution in [2.75, 3.05) is 32.8 Å². The number of likely N-dealkylation sites (tertiary alicyclic amines) is 1. The Morgan fingerprint density at radius 3 is 3.08 bits per heavy atom. The van der Waals surface area contributed by atoms with Crippen molar-refractivity contribution in [1.82, 2.24) is 4.90 Å². The minimum atomic E-state index is 0.143. The molecule has 1 aliphatic heterocycles. The molecule has 1 aliphatic rings. The Kier molecular flexibility index (Phi) is 4.58. The van der Waals surface area contributed by atoms with Gasteiger partial charge in [0.05, 0.1) is 19.3 Å². The molecule has 0 saturated carbocycles. The second-order valence-corrected chi connectivity index (χ2v) is 3.31. The van der Waals surface area contributed by atoms with E-state index in [2.05, 4.69) is 11.8 Å². The van der Waals surface area contributed by atoms with Crippen molar-refractivity contribution < 1.29 is 9.84 Å². The van der Waals surface area contributed by atoms with Crippen LogP contribution < -0.4 is 0 Å². The Morgan fingerprint density at radius 1 is 1.58 bits per heavy atom. The van der Waals surface area contributed by atoms with Crippen LogP contribution in [-0.2, 0) is 4.74 Å². The van der Waals surface area contributed by atoms with Crippen LogP contribution in [0.15, 0.2) is 0 Å². The third-order valence-electron chi connectivity index (χ3n) is 2.21. The van der Waals surface area contributed by atoms with Gasteiger partial charge in [-0.25, -0.2) is 0 Å². The smallest absolute Gasteiger partial charge is 0.0715 e. The highest BCUT2D eigenvalue weighted by Crippen LogP contribution is 2.12. The van der Waals surface area contributed by atoms with Crippen LogP contribution in [0, 0.1) is 0 Å². The van der Waals surface area contributed by atoms with Crippen molar-refractivity contribution in [3.05, 3.63) is 0 Å². The van der Waals surface area contributed by atoms with Gasteiger partial charge in [-0.05, 0) is 19.4 Å². The Balaban J connectivity index is 2.08. The van der Waals surface area contributed by atoms with Crippen LogP contribution in [0.2, 0.25) is 0 Å². The summed E-state index contributed by atoms with van der Waals surface area (Å²) in [4.78, 5) is 2.42. The average Bonchev–Trinajstić information content (AvgIpc) is 2.50. The fraction of sp³-hybridized carbons (Fsp3) is 1.00. The van der Waals surface area contributed by atoms with Gasteiger partial charge in [0.1, 0.15) is 0 Å². The zero-order valence-corrected chi connectivity index (χ0v) is 7.83. The van der Waals surface area contributed by atoms with E-state index in [1.54, 1.807) is 0 Å². The number of ether oxygens (including phenoxy) is 1. The van der Waals surface area contributed by atoms with Crippen LogP contribution in [-0.4, -0.2) is 49.0 Å². The van der Waals surface area contributed by atoms with E-state index in [1.165, 1.54) is 13.0 Å². The van der Waals surface area contributed by atoms with E-state index in [0.717, 1.165) is 19.5 Å². The van der Waals surface area contributed by atoms with Crippen molar-refractivity contribution in [2.45, 2.75) is 25.9 Å². The summed E-state index contributed by atoms with van der Waals surface area (Å²) in [6.45, 7) is 6.22. The number of hydrogen-bond donors (Lipinski definition) is 1. The maximum atomic E-state index is 8.56. The highest BCUT2D eigenvalue weighted by Gasteiger charge is 2.21. The SMILES string of the molecule is CCCN1CCC(OCCO)C1. The minimum Gasteiger partial charge on any atom is -0.394 e. The van der Waals surface area contributed by atoms with Crippen molar-refractivity contribution in [3.63, 3.8) is 0 Å². The van der Waals surface area contributed by atoms with Crippen LogP contribution >= 0.6 is 0 Å². The lowest BCUT2D eigenvalue weighted by molar-refractivity contribution is 0.0342. The highest BCUT2D eigenvalue weighted by molar-refractivity contribution is 4.75.